The molecule has 1 aromatic rings. The third-order valence-electron chi connectivity index (χ3n) is 3.20. The third kappa shape index (κ3) is 5.93. The number of sulfonamides is 1. The van der Waals surface area contributed by atoms with Crippen molar-refractivity contribution in [3.05, 3.63) is 24.3 Å². The van der Waals surface area contributed by atoms with Crippen LogP contribution in [0, 0.1) is 0 Å². The Morgan fingerprint density at radius 3 is 2.41 bits per heavy atom. The number of rotatable bonds is 8. The van der Waals surface area contributed by atoms with E-state index in [4.69, 9.17) is 4.74 Å². The SMILES string of the molecule is CCCC(C)NC(=O)COc1ccc(N(C)S(C)(=O)=O)cc1. The van der Waals surface area contributed by atoms with E-state index < -0.39 is 10.0 Å². The molecule has 0 bridgehead atoms. The van der Waals surface area contributed by atoms with E-state index in [-0.39, 0.29) is 18.6 Å². The summed E-state index contributed by atoms with van der Waals surface area (Å²) in [6, 6.07) is 6.67. The zero-order valence-electron chi connectivity index (χ0n) is 13.5. The van der Waals surface area contributed by atoms with Gasteiger partial charge in [0.05, 0.1) is 11.9 Å². The summed E-state index contributed by atoms with van der Waals surface area (Å²) in [4.78, 5) is 11.7. The summed E-state index contributed by atoms with van der Waals surface area (Å²) in [5, 5.41) is 2.85. The van der Waals surface area contributed by atoms with Gasteiger partial charge in [0.2, 0.25) is 10.0 Å². The van der Waals surface area contributed by atoms with Crippen molar-refractivity contribution < 1.29 is 17.9 Å². The molecular formula is C15H24N2O4S. The molecule has 0 heterocycles. The molecule has 1 rings (SSSR count). The summed E-state index contributed by atoms with van der Waals surface area (Å²) >= 11 is 0. The van der Waals surface area contributed by atoms with Gasteiger partial charge in [-0.1, -0.05) is 13.3 Å². The van der Waals surface area contributed by atoms with Gasteiger partial charge in [0.1, 0.15) is 5.75 Å². The Morgan fingerprint density at radius 1 is 1.32 bits per heavy atom. The second-order valence-electron chi connectivity index (χ2n) is 5.27. The topological polar surface area (TPSA) is 75.7 Å². The van der Waals surface area contributed by atoms with Crippen LogP contribution in [0.25, 0.3) is 0 Å². The highest BCUT2D eigenvalue weighted by molar-refractivity contribution is 7.92. The molecule has 0 aliphatic carbocycles. The second-order valence-corrected chi connectivity index (χ2v) is 7.28. The van der Waals surface area contributed by atoms with E-state index in [9.17, 15) is 13.2 Å². The monoisotopic (exact) mass is 328 g/mol. The lowest BCUT2D eigenvalue weighted by atomic mass is 10.2. The van der Waals surface area contributed by atoms with Crippen LogP contribution < -0.4 is 14.4 Å². The molecule has 0 aromatic heterocycles. The van der Waals surface area contributed by atoms with Crippen LogP contribution in [0.4, 0.5) is 5.69 Å². The first-order chi connectivity index (χ1) is 10.2. The first kappa shape index (κ1) is 18.3. The minimum absolute atomic E-state index is 0.0602. The lowest BCUT2D eigenvalue weighted by Crippen LogP contribution is -2.35. The van der Waals surface area contributed by atoms with Gasteiger partial charge in [-0.2, -0.15) is 0 Å². The summed E-state index contributed by atoms with van der Waals surface area (Å²) in [5.74, 6) is 0.349. The van der Waals surface area contributed by atoms with E-state index in [2.05, 4.69) is 12.2 Å². The van der Waals surface area contributed by atoms with Gasteiger partial charge in [-0.3, -0.25) is 9.10 Å². The summed E-state index contributed by atoms with van der Waals surface area (Å²) < 4.78 is 29.4. The highest BCUT2D eigenvalue weighted by atomic mass is 32.2. The fourth-order valence-electron chi connectivity index (χ4n) is 1.91. The fourth-order valence-corrected chi connectivity index (χ4v) is 2.42. The lowest BCUT2D eigenvalue weighted by Gasteiger charge is -2.17. The minimum Gasteiger partial charge on any atom is -0.484 e. The van der Waals surface area contributed by atoms with Crippen molar-refractivity contribution in [3.63, 3.8) is 0 Å². The van der Waals surface area contributed by atoms with E-state index >= 15 is 0 Å². The normalized spacial score (nSPS) is 12.5. The molecule has 0 aliphatic rings. The first-order valence-electron chi connectivity index (χ1n) is 7.20. The Kier molecular flexibility index (Phi) is 6.67. The molecule has 0 saturated heterocycles. The molecule has 0 fully saturated rings. The van der Waals surface area contributed by atoms with E-state index in [0.29, 0.717) is 11.4 Å². The molecule has 124 valence electrons. The standard InChI is InChI=1S/C15H24N2O4S/c1-5-6-12(2)16-15(18)11-21-14-9-7-13(8-10-14)17(3)22(4,19)20/h7-10,12H,5-6,11H2,1-4H3,(H,16,18). The maximum Gasteiger partial charge on any atom is 0.258 e. The summed E-state index contributed by atoms with van der Waals surface area (Å²) in [6.45, 7) is 3.96. The smallest absolute Gasteiger partial charge is 0.258 e. The molecule has 1 unspecified atom stereocenters. The van der Waals surface area contributed by atoms with E-state index in [1.807, 2.05) is 6.92 Å². The van der Waals surface area contributed by atoms with Gasteiger partial charge in [-0.05, 0) is 37.6 Å². The van der Waals surface area contributed by atoms with E-state index in [1.165, 1.54) is 11.4 Å². The number of ether oxygens (including phenoxy) is 1. The number of carbonyl (C=O) groups is 1. The Labute approximate surface area is 132 Å². The van der Waals surface area contributed by atoms with Crippen LogP contribution in [0.3, 0.4) is 0 Å². The van der Waals surface area contributed by atoms with Crippen LogP contribution in [0.1, 0.15) is 26.7 Å². The number of nitrogens with one attached hydrogen (secondary N) is 1. The molecule has 1 amide bonds. The highest BCUT2D eigenvalue weighted by Crippen LogP contribution is 2.20. The van der Waals surface area contributed by atoms with E-state index in [1.54, 1.807) is 24.3 Å². The van der Waals surface area contributed by atoms with Gasteiger partial charge in [-0.15, -0.1) is 0 Å². The zero-order chi connectivity index (χ0) is 16.8. The molecule has 1 atom stereocenters. The zero-order valence-corrected chi connectivity index (χ0v) is 14.3. The van der Waals surface area contributed by atoms with Gasteiger partial charge in [0.25, 0.3) is 5.91 Å². The molecule has 1 aromatic carbocycles. The summed E-state index contributed by atoms with van der Waals surface area (Å²) in [5.41, 5.74) is 0.538. The Balaban J connectivity index is 2.53. The molecule has 0 saturated carbocycles. The fraction of sp³-hybridized carbons (Fsp3) is 0.533. The largest absolute Gasteiger partial charge is 0.484 e. The highest BCUT2D eigenvalue weighted by Gasteiger charge is 2.12. The van der Waals surface area contributed by atoms with Gasteiger partial charge in [0.15, 0.2) is 6.61 Å². The number of hydrogen-bond donors (Lipinski definition) is 1. The van der Waals surface area contributed by atoms with Gasteiger partial charge in [0, 0.05) is 13.1 Å². The van der Waals surface area contributed by atoms with Crippen molar-refractivity contribution >= 4 is 21.6 Å². The number of anilines is 1. The Morgan fingerprint density at radius 2 is 1.91 bits per heavy atom. The second kappa shape index (κ2) is 8.03. The van der Waals surface area contributed by atoms with Gasteiger partial charge in [-0.25, -0.2) is 8.42 Å². The quantitative estimate of drug-likeness (QED) is 0.789. The van der Waals surface area contributed by atoms with E-state index in [0.717, 1.165) is 19.1 Å². The molecule has 0 spiro atoms. The van der Waals surface area contributed by atoms with Crippen molar-refractivity contribution in [3.8, 4) is 5.75 Å². The Bertz CT molecular complexity index is 584. The number of hydrogen-bond acceptors (Lipinski definition) is 4. The van der Waals surface area contributed by atoms with Crippen LogP contribution >= 0.6 is 0 Å². The number of benzene rings is 1. The van der Waals surface area contributed by atoms with Gasteiger partial charge >= 0.3 is 0 Å². The molecule has 1 N–H and O–H groups in total. The first-order valence-corrected chi connectivity index (χ1v) is 9.05. The summed E-state index contributed by atoms with van der Waals surface area (Å²) in [7, 11) is -1.81. The van der Waals surface area contributed by atoms with Crippen molar-refractivity contribution in [1.29, 1.82) is 0 Å². The molecule has 0 radical (unpaired) electrons. The molecule has 7 heteroatoms. The van der Waals surface area contributed by atoms with Gasteiger partial charge < -0.3 is 10.1 Å². The van der Waals surface area contributed by atoms with Crippen LogP contribution in [0.15, 0.2) is 24.3 Å². The third-order valence-corrected chi connectivity index (χ3v) is 4.40. The number of amides is 1. The van der Waals surface area contributed by atoms with Crippen LogP contribution in [-0.2, 0) is 14.8 Å². The van der Waals surface area contributed by atoms with Crippen LogP contribution in [-0.4, -0.2) is 40.3 Å². The van der Waals surface area contributed by atoms with Crippen molar-refractivity contribution in [2.75, 3.05) is 24.2 Å². The average Bonchev–Trinajstić information content (AvgIpc) is 2.44. The maximum absolute atomic E-state index is 11.7. The predicted molar refractivity (Wildman–Crippen MR) is 87.7 cm³/mol. The minimum atomic E-state index is -3.29. The maximum atomic E-state index is 11.7. The van der Waals surface area contributed by atoms with Crippen LogP contribution in [0.2, 0.25) is 0 Å². The van der Waals surface area contributed by atoms with Crippen molar-refractivity contribution in [1.82, 2.24) is 5.32 Å². The molecule has 6 nitrogen and oxygen atoms in total. The van der Waals surface area contributed by atoms with Crippen molar-refractivity contribution in [2.45, 2.75) is 32.7 Å². The van der Waals surface area contributed by atoms with Crippen LogP contribution in [0.5, 0.6) is 5.75 Å². The number of nitrogens with zero attached hydrogens (tertiary/aromatic N) is 1. The molecule has 0 aliphatic heterocycles. The van der Waals surface area contributed by atoms with Crippen molar-refractivity contribution in [2.24, 2.45) is 0 Å². The summed E-state index contributed by atoms with van der Waals surface area (Å²) in [6.07, 6.45) is 3.08. The molecule has 22 heavy (non-hydrogen) atoms. The predicted octanol–water partition coefficient (Wildman–Crippen LogP) is 1.77. The molecular weight excluding hydrogens is 304 g/mol. The lowest BCUT2D eigenvalue weighted by molar-refractivity contribution is -0.123. The average molecular weight is 328 g/mol. The number of carbonyl (C=O) groups excluding carboxylic acids is 1. The Hall–Kier alpha value is -1.76.